The number of anilines is 1. The van der Waals surface area contributed by atoms with E-state index >= 15 is 0 Å². The molecule has 1 aliphatic rings. The lowest BCUT2D eigenvalue weighted by Gasteiger charge is -2.33. The lowest BCUT2D eigenvalue weighted by molar-refractivity contribution is 0.248. The molecule has 1 aliphatic heterocycles. The summed E-state index contributed by atoms with van der Waals surface area (Å²) in [4.78, 5) is 14.5. The molecular weight excluding hydrogens is 393 g/mol. The fraction of sp³-hybridized carbons (Fsp3) is 0.409. The van der Waals surface area contributed by atoms with Gasteiger partial charge in [0, 0.05) is 40.8 Å². The van der Waals surface area contributed by atoms with E-state index < -0.39 is 0 Å². The molecule has 2 aromatic carbocycles. The van der Waals surface area contributed by atoms with Gasteiger partial charge in [-0.1, -0.05) is 48.7 Å². The Balaban J connectivity index is 1.84. The Hall–Kier alpha value is -1.75. The summed E-state index contributed by atoms with van der Waals surface area (Å²) in [5, 5.41) is 7.28. The van der Waals surface area contributed by atoms with Crippen molar-refractivity contribution in [2.24, 2.45) is 0 Å². The third kappa shape index (κ3) is 4.99. The van der Waals surface area contributed by atoms with E-state index in [1.807, 2.05) is 31.2 Å². The van der Waals surface area contributed by atoms with Crippen molar-refractivity contribution in [3.8, 4) is 0 Å². The third-order valence-electron chi connectivity index (χ3n) is 5.14. The van der Waals surface area contributed by atoms with E-state index in [2.05, 4.69) is 35.6 Å². The minimum absolute atomic E-state index is 0.147. The van der Waals surface area contributed by atoms with Crippen LogP contribution in [0, 0.1) is 0 Å². The number of amides is 2. The molecule has 2 amide bonds. The van der Waals surface area contributed by atoms with Crippen molar-refractivity contribution in [2.45, 2.75) is 45.2 Å². The molecule has 0 radical (unpaired) electrons. The van der Waals surface area contributed by atoms with Gasteiger partial charge < -0.3 is 15.5 Å². The number of likely N-dealkylation sites (N-methyl/N-ethyl adjacent to an activating group) is 1. The highest BCUT2D eigenvalue weighted by Crippen LogP contribution is 2.38. The lowest BCUT2D eigenvalue weighted by Crippen LogP contribution is -2.36. The molecule has 0 bridgehead atoms. The van der Waals surface area contributed by atoms with Crippen molar-refractivity contribution in [3.05, 3.63) is 63.1 Å². The monoisotopic (exact) mass is 419 g/mol. The summed E-state index contributed by atoms with van der Waals surface area (Å²) in [5.41, 5.74) is 4.19. The number of rotatable bonds is 5. The maximum Gasteiger partial charge on any atom is 0.319 e. The van der Waals surface area contributed by atoms with Crippen molar-refractivity contribution in [2.75, 3.05) is 18.9 Å². The van der Waals surface area contributed by atoms with Gasteiger partial charge in [-0.2, -0.15) is 0 Å². The minimum Gasteiger partial charge on any atom is -0.335 e. The Bertz CT molecular complexity index is 856. The molecule has 6 heteroatoms. The van der Waals surface area contributed by atoms with Crippen molar-refractivity contribution in [3.63, 3.8) is 0 Å². The number of urea groups is 1. The van der Waals surface area contributed by atoms with Gasteiger partial charge in [-0.05, 0) is 61.3 Å². The second kappa shape index (κ2) is 9.17. The first-order valence-corrected chi connectivity index (χ1v) is 10.5. The number of nitrogens with one attached hydrogen (secondary N) is 2. The zero-order chi connectivity index (χ0) is 20.3. The topological polar surface area (TPSA) is 44.4 Å². The fourth-order valence-corrected chi connectivity index (χ4v) is 4.43. The maximum absolute atomic E-state index is 12.3. The Labute approximate surface area is 177 Å². The summed E-state index contributed by atoms with van der Waals surface area (Å²) >= 11 is 12.7. The van der Waals surface area contributed by atoms with Crippen LogP contribution in [0.25, 0.3) is 0 Å². The molecule has 2 N–H and O–H groups in total. The molecular formula is C22H27Cl2N3O. The van der Waals surface area contributed by atoms with E-state index in [0.717, 1.165) is 48.3 Å². The second-order valence-corrected chi connectivity index (χ2v) is 8.46. The first-order valence-electron chi connectivity index (χ1n) is 9.71. The van der Waals surface area contributed by atoms with Crippen LogP contribution in [0.15, 0.2) is 36.4 Å². The molecule has 2 aromatic rings. The molecule has 0 aliphatic carbocycles. The molecule has 28 heavy (non-hydrogen) atoms. The number of halogens is 2. The minimum atomic E-state index is -0.176. The van der Waals surface area contributed by atoms with Gasteiger partial charge in [0.1, 0.15) is 0 Å². The van der Waals surface area contributed by atoms with Gasteiger partial charge in [0.15, 0.2) is 0 Å². The van der Waals surface area contributed by atoms with Crippen LogP contribution in [-0.2, 0) is 6.54 Å². The van der Waals surface area contributed by atoms with Gasteiger partial charge in [0.25, 0.3) is 0 Å². The first kappa shape index (κ1) is 21.0. The van der Waals surface area contributed by atoms with Crippen molar-refractivity contribution < 1.29 is 4.79 Å². The van der Waals surface area contributed by atoms with Gasteiger partial charge in [0.05, 0.1) is 0 Å². The molecule has 150 valence electrons. The number of benzene rings is 2. The number of fused-ring (bicyclic) bond motifs is 1. The summed E-state index contributed by atoms with van der Waals surface area (Å²) < 4.78 is 0. The van der Waals surface area contributed by atoms with Crippen LogP contribution in [0.3, 0.4) is 0 Å². The predicted molar refractivity (Wildman–Crippen MR) is 118 cm³/mol. The van der Waals surface area contributed by atoms with Crippen LogP contribution in [0.4, 0.5) is 10.5 Å². The number of nitrogens with zero attached hydrogens (tertiary/aromatic N) is 1. The van der Waals surface area contributed by atoms with Crippen molar-refractivity contribution in [1.82, 2.24) is 10.2 Å². The Kier molecular flexibility index (Phi) is 6.86. The van der Waals surface area contributed by atoms with Gasteiger partial charge in [-0.15, -0.1) is 0 Å². The normalized spacial score (nSPS) is 17.7. The second-order valence-electron chi connectivity index (χ2n) is 7.62. The Morgan fingerprint density at radius 2 is 2.07 bits per heavy atom. The standard InChI is InChI=1S/C22H27Cl2N3O/c1-4-6-14(2)25-22(28)26-17-8-5-7-15(9-17)19-12-27(3)13-20-18(19)10-16(23)11-21(20)24/h5,7-11,14,19H,4,6,12-13H2,1-3H3,(H2,25,26,28)/t14-,19?/m0/s1. The summed E-state index contributed by atoms with van der Waals surface area (Å²) in [7, 11) is 2.09. The van der Waals surface area contributed by atoms with Crippen LogP contribution in [0.2, 0.25) is 10.0 Å². The van der Waals surface area contributed by atoms with E-state index in [1.165, 1.54) is 0 Å². The van der Waals surface area contributed by atoms with E-state index in [1.54, 1.807) is 6.07 Å². The van der Waals surface area contributed by atoms with E-state index in [9.17, 15) is 4.79 Å². The average molecular weight is 420 g/mol. The Morgan fingerprint density at radius 1 is 1.29 bits per heavy atom. The maximum atomic E-state index is 12.3. The first-order chi connectivity index (χ1) is 13.4. The van der Waals surface area contributed by atoms with Crippen LogP contribution in [0.5, 0.6) is 0 Å². The van der Waals surface area contributed by atoms with Gasteiger partial charge >= 0.3 is 6.03 Å². The number of carbonyl (C=O) groups excluding carboxylic acids is 1. The molecule has 2 atom stereocenters. The number of hydrogen-bond acceptors (Lipinski definition) is 2. The molecule has 1 unspecified atom stereocenters. The van der Waals surface area contributed by atoms with Gasteiger partial charge in [0.2, 0.25) is 0 Å². The molecule has 0 saturated heterocycles. The smallest absolute Gasteiger partial charge is 0.319 e. The Morgan fingerprint density at radius 3 is 2.82 bits per heavy atom. The van der Waals surface area contributed by atoms with E-state index in [4.69, 9.17) is 23.2 Å². The zero-order valence-corrected chi connectivity index (χ0v) is 18.1. The fourth-order valence-electron chi connectivity index (χ4n) is 3.86. The summed E-state index contributed by atoms with van der Waals surface area (Å²) in [6.45, 7) is 5.79. The van der Waals surface area contributed by atoms with Gasteiger partial charge in [-0.25, -0.2) is 4.79 Å². The molecule has 0 spiro atoms. The summed E-state index contributed by atoms with van der Waals surface area (Å²) in [6, 6.07) is 11.8. The van der Waals surface area contributed by atoms with Crippen LogP contribution in [-0.4, -0.2) is 30.6 Å². The SMILES string of the molecule is CCC[C@H](C)NC(=O)Nc1cccc(C2CN(C)Cc3c(Cl)cc(Cl)cc32)c1. The molecule has 0 saturated carbocycles. The van der Waals surface area contributed by atoms with Crippen molar-refractivity contribution in [1.29, 1.82) is 0 Å². The highest BCUT2D eigenvalue weighted by molar-refractivity contribution is 6.35. The van der Waals surface area contributed by atoms with Crippen LogP contribution in [0.1, 0.15) is 49.3 Å². The van der Waals surface area contributed by atoms with Crippen LogP contribution >= 0.6 is 23.2 Å². The average Bonchev–Trinajstić information content (AvgIpc) is 2.62. The molecule has 1 heterocycles. The van der Waals surface area contributed by atoms with E-state index in [0.29, 0.717) is 10.0 Å². The number of carbonyl (C=O) groups is 1. The zero-order valence-electron chi connectivity index (χ0n) is 16.6. The highest BCUT2D eigenvalue weighted by atomic mass is 35.5. The number of hydrogen-bond donors (Lipinski definition) is 2. The van der Waals surface area contributed by atoms with Gasteiger partial charge in [-0.3, -0.25) is 0 Å². The summed E-state index contributed by atoms with van der Waals surface area (Å²) in [5.74, 6) is 0.147. The largest absolute Gasteiger partial charge is 0.335 e. The highest BCUT2D eigenvalue weighted by Gasteiger charge is 2.27. The lowest BCUT2D eigenvalue weighted by atomic mass is 9.84. The van der Waals surface area contributed by atoms with Crippen molar-refractivity contribution >= 4 is 34.9 Å². The third-order valence-corrected chi connectivity index (χ3v) is 5.69. The van der Waals surface area contributed by atoms with Crippen LogP contribution < -0.4 is 10.6 Å². The molecule has 0 fully saturated rings. The quantitative estimate of drug-likeness (QED) is 0.634. The molecule has 4 nitrogen and oxygen atoms in total. The van der Waals surface area contributed by atoms with E-state index in [-0.39, 0.29) is 18.0 Å². The molecule has 0 aromatic heterocycles. The predicted octanol–water partition coefficient (Wildman–Crippen LogP) is 5.88. The summed E-state index contributed by atoms with van der Waals surface area (Å²) in [6.07, 6.45) is 2.00. The molecule has 3 rings (SSSR count).